The van der Waals surface area contributed by atoms with E-state index in [9.17, 15) is 0 Å². The van der Waals surface area contributed by atoms with Crippen molar-refractivity contribution < 1.29 is 4.74 Å². The molecule has 2 aromatic heterocycles. The van der Waals surface area contributed by atoms with E-state index in [1.165, 1.54) is 0 Å². The average Bonchev–Trinajstić information content (AvgIpc) is 3.20. The standard InChI is InChI=1S/C25H17N5O/c1-27-18-11-7-16(8-12-18)21-15-22-23(25(26)30-29-22)24(28-21)17-9-13-20(14-10-17)31-19-5-3-2-4-6-19/h2-15H,(H3,26,29,30). The van der Waals surface area contributed by atoms with Crippen LogP contribution in [0.2, 0.25) is 0 Å². The highest BCUT2D eigenvalue weighted by atomic mass is 16.5. The van der Waals surface area contributed by atoms with Gasteiger partial charge in [-0.05, 0) is 48.0 Å². The van der Waals surface area contributed by atoms with Gasteiger partial charge in [0.25, 0.3) is 0 Å². The third kappa shape index (κ3) is 3.56. The van der Waals surface area contributed by atoms with E-state index < -0.39 is 0 Å². The summed E-state index contributed by atoms with van der Waals surface area (Å²) in [5.41, 5.74) is 10.8. The number of H-pyrrole nitrogens is 1. The zero-order valence-electron chi connectivity index (χ0n) is 16.4. The van der Waals surface area contributed by atoms with E-state index in [1.807, 2.05) is 72.8 Å². The van der Waals surface area contributed by atoms with E-state index in [-0.39, 0.29) is 0 Å². The maximum Gasteiger partial charge on any atom is 0.187 e. The van der Waals surface area contributed by atoms with E-state index in [0.29, 0.717) is 11.5 Å². The van der Waals surface area contributed by atoms with Crippen molar-refractivity contribution in [3.63, 3.8) is 0 Å². The number of fused-ring (bicyclic) bond motifs is 1. The number of aromatic amines is 1. The smallest absolute Gasteiger partial charge is 0.187 e. The predicted molar refractivity (Wildman–Crippen MR) is 122 cm³/mol. The Balaban J connectivity index is 1.56. The molecule has 2 heterocycles. The maximum atomic E-state index is 7.14. The average molecular weight is 403 g/mol. The number of nitrogens with two attached hydrogens (primary N) is 1. The van der Waals surface area contributed by atoms with Gasteiger partial charge in [-0.3, -0.25) is 5.10 Å². The molecule has 31 heavy (non-hydrogen) atoms. The Kier molecular flexibility index (Phi) is 4.54. The van der Waals surface area contributed by atoms with Crippen LogP contribution in [0.15, 0.2) is 84.9 Å². The van der Waals surface area contributed by atoms with E-state index in [0.717, 1.165) is 44.9 Å². The lowest BCUT2D eigenvalue weighted by Crippen LogP contribution is -1.93. The summed E-state index contributed by atoms with van der Waals surface area (Å²) in [6.07, 6.45) is 0. The number of pyridine rings is 1. The van der Waals surface area contributed by atoms with Gasteiger partial charge in [-0.1, -0.05) is 42.5 Å². The number of anilines is 1. The Morgan fingerprint density at radius 2 is 1.52 bits per heavy atom. The quantitative estimate of drug-likeness (QED) is 0.349. The summed E-state index contributed by atoms with van der Waals surface area (Å²) in [6, 6.07) is 26.6. The number of ether oxygens (including phenoxy) is 1. The molecule has 6 heteroatoms. The lowest BCUT2D eigenvalue weighted by molar-refractivity contribution is 0.483. The minimum Gasteiger partial charge on any atom is -0.457 e. The van der Waals surface area contributed by atoms with Crippen LogP contribution in [0.3, 0.4) is 0 Å². The summed E-state index contributed by atoms with van der Waals surface area (Å²) in [4.78, 5) is 8.33. The van der Waals surface area contributed by atoms with Gasteiger partial charge in [0.15, 0.2) is 11.5 Å². The molecule has 148 valence electrons. The van der Waals surface area contributed by atoms with Gasteiger partial charge in [0.1, 0.15) is 11.5 Å². The molecule has 0 amide bonds. The number of nitrogens with zero attached hydrogens (tertiary/aromatic N) is 3. The Morgan fingerprint density at radius 1 is 0.839 bits per heavy atom. The summed E-state index contributed by atoms with van der Waals surface area (Å²) in [7, 11) is 0. The zero-order valence-corrected chi connectivity index (χ0v) is 16.4. The molecule has 0 aliphatic carbocycles. The molecular weight excluding hydrogens is 386 g/mol. The van der Waals surface area contributed by atoms with Gasteiger partial charge in [-0.15, -0.1) is 0 Å². The number of para-hydroxylation sites is 1. The van der Waals surface area contributed by atoms with Crippen LogP contribution in [0.25, 0.3) is 38.3 Å². The number of hydrogen-bond donors (Lipinski definition) is 2. The highest BCUT2D eigenvalue weighted by Crippen LogP contribution is 2.34. The molecule has 0 radical (unpaired) electrons. The Hall–Kier alpha value is -4.63. The van der Waals surface area contributed by atoms with Gasteiger partial charge in [0, 0.05) is 5.56 Å². The van der Waals surface area contributed by atoms with Crippen LogP contribution >= 0.6 is 0 Å². The van der Waals surface area contributed by atoms with Crippen molar-refractivity contribution in [2.45, 2.75) is 0 Å². The lowest BCUT2D eigenvalue weighted by Gasteiger charge is -2.10. The van der Waals surface area contributed by atoms with Crippen LogP contribution in [-0.4, -0.2) is 15.2 Å². The van der Waals surface area contributed by atoms with Crippen molar-refractivity contribution in [3.05, 3.63) is 96.3 Å². The first-order valence-electron chi connectivity index (χ1n) is 9.67. The van der Waals surface area contributed by atoms with Crippen molar-refractivity contribution in [3.8, 4) is 34.0 Å². The van der Waals surface area contributed by atoms with Crippen molar-refractivity contribution in [1.29, 1.82) is 0 Å². The molecular formula is C25H17N5O. The predicted octanol–water partition coefficient (Wildman–Crippen LogP) is 6.22. The first-order chi connectivity index (χ1) is 15.2. The van der Waals surface area contributed by atoms with Crippen LogP contribution in [-0.2, 0) is 0 Å². The minimum absolute atomic E-state index is 0.400. The monoisotopic (exact) mass is 403 g/mol. The van der Waals surface area contributed by atoms with Crippen molar-refractivity contribution >= 4 is 22.4 Å². The summed E-state index contributed by atoms with van der Waals surface area (Å²) < 4.78 is 5.89. The van der Waals surface area contributed by atoms with Crippen molar-refractivity contribution in [1.82, 2.24) is 15.2 Å². The van der Waals surface area contributed by atoms with Crippen molar-refractivity contribution in [2.75, 3.05) is 5.73 Å². The molecule has 5 aromatic rings. The number of rotatable bonds is 4. The second-order valence-electron chi connectivity index (χ2n) is 6.99. The number of hydrogen-bond acceptors (Lipinski definition) is 4. The van der Waals surface area contributed by atoms with Gasteiger partial charge >= 0.3 is 0 Å². The molecule has 0 fully saturated rings. The molecule has 0 saturated heterocycles. The third-order valence-electron chi connectivity index (χ3n) is 4.97. The summed E-state index contributed by atoms with van der Waals surface area (Å²) in [5.74, 6) is 1.91. The van der Waals surface area contributed by atoms with Crippen LogP contribution in [0.4, 0.5) is 11.5 Å². The molecule has 0 atom stereocenters. The topological polar surface area (TPSA) is 81.2 Å². The van der Waals surface area contributed by atoms with Gasteiger partial charge < -0.3 is 10.5 Å². The SMILES string of the molecule is [C-]#[N+]c1ccc(-c2cc3[nH]nc(N)c3c(-c3ccc(Oc4ccccc4)cc3)n2)cc1. The van der Waals surface area contributed by atoms with E-state index in [1.54, 1.807) is 12.1 Å². The molecule has 0 unspecified atom stereocenters. The number of benzene rings is 3. The molecule has 0 aliphatic rings. The first kappa shape index (κ1) is 18.4. The molecule has 0 spiro atoms. The van der Waals surface area contributed by atoms with Gasteiger partial charge in [-0.2, -0.15) is 5.10 Å². The molecule has 0 saturated carbocycles. The molecule has 5 rings (SSSR count). The highest BCUT2D eigenvalue weighted by Gasteiger charge is 2.15. The number of aromatic nitrogens is 3. The normalized spacial score (nSPS) is 10.7. The first-order valence-corrected chi connectivity index (χ1v) is 9.67. The Labute approximate surface area is 178 Å². The summed E-state index contributed by atoms with van der Waals surface area (Å²) in [6.45, 7) is 7.14. The molecule has 6 nitrogen and oxygen atoms in total. The largest absolute Gasteiger partial charge is 0.457 e. The fourth-order valence-electron chi connectivity index (χ4n) is 3.44. The highest BCUT2D eigenvalue weighted by molar-refractivity contribution is 6.01. The maximum absolute atomic E-state index is 7.14. The second kappa shape index (κ2) is 7.65. The van der Waals surface area contributed by atoms with Crippen LogP contribution in [0, 0.1) is 6.57 Å². The lowest BCUT2D eigenvalue weighted by atomic mass is 10.0. The number of nitrogen functional groups attached to an aromatic ring is 1. The van der Waals surface area contributed by atoms with Crippen LogP contribution in [0.1, 0.15) is 0 Å². The molecule has 0 bridgehead atoms. The van der Waals surface area contributed by atoms with E-state index in [2.05, 4.69) is 15.0 Å². The van der Waals surface area contributed by atoms with E-state index in [4.69, 9.17) is 22.0 Å². The molecule has 3 N–H and O–H groups in total. The summed E-state index contributed by atoms with van der Waals surface area (Å²) in [5, 5.41) is 7.93. The number of nitrogens with one attached hydrogen (secondary N) is 1. The van der Waals surface area contributed by atoms with Gasteiger partial charge in [0.2, 0.25) is 0 Å². The van der Waals surface area contributed by atoms with Gasteiger partial charge in [-0.25, -0.2) is 9.83 Å². The summed E-state index contributed by atoms with van der Waals surface area (Å²) >= 11 is 0. The van der Waals surface area contributed by atoms with Crippen molar-refractivity contribution in [2.24, 2.45) is 0 Å². The zero-order chi connectivity index (χ0) is 21.2. The Bertz CT molecular complexity index is 1400. The fraction of sp³-hybridized carbons (Fsp3) is 0. The fourth-order valence-corrected chi connectivity index (χ4v) is 3.44. The van der Waals surface area contributed by atoms with Crippen LogP contribution < -0.4 is 10.5 Å². The second-order valence-corrected chi connectivity index (χ2v) is 6.99. The van der Waals surface area contributed by atoms with Gasteiger partial charge in [0.05, 0.1) is 28.9 Å². The molecule has 3 aromatic carbocycles. The van der Waals surface area contributed by atoms with E-state index >= 15 is 0 Å². The molecule has 0 aliphatic heterocycles. The third-order valence-corrected chi connectivity index (χ3v) is 4.97. The minimum atomic E-state index is 0.400. The Morgan fingerprint density at radius 3 is 2.23 bits per heavy atom. The van der Waals surface area contributed by atoms with Crippen LogP contribution in [0.5, 0.6) is 11.5 Å².